The number of hydrogen-bond acceptors (Lipinski definition) is 4. The molecule has 0 aromatic heterocycles. The minimum atomic E-state index is -0.485. The van der Waals surface area contributed by atoms with Crippen molar-refractivity contribution in [3.8, 4) is 0 Å². The third kappa shape index (κ3) is 3.63. The van der Waals surface area contributed by atoms with Crippen molar-refractivity contribution >= 4 is 17.3 Å². The molecule has 5 heteroatoms. The monoisotopic (exact) mass is 251 g/mol. The quantitative estimate of drug-likeness (QED) is 0.570. The molecule has 1 unspecified atom stereocenters. The van der Waals surface area contributed by atoms with E-state index in [1.165, 1.54) is 0 Å². The van der Waals surface area contributed by atoms with Crippen LogP contribution in [0.25, 0.3) is 0 Å². The van der Waals surface area contributed by atoms with Gasteiger partial charge < -0.3 is 21.9 Å². The molecule has 1 amide bonds. The van der Waals surface area contributed by atoms with E-state index in [-0.39, 0.29) is 12.6 Å². The lowest BCUT2D eigenvalue weighted by Gasteiger charge is -2.23. The molecule has 18 heavy (non-hydrogen) atoms. The zero-order valence-electron chi connectivity index (χ0n) is 10.8. The Kier molecular flexibility index (Phi) is 4.97. The Morgan fingerprint density at radius 2 is 2.11 bits per heavy atom. The fourth-order valence-electron chi connectivity index (χ4n) is 1.75. The summed E-state index contributed by atoms with van der Waals surface area (Å²) in [6.07, 6.45) is 0.623. The van der Waals surface area contributed by atoms with E-state index in [0.29, 0.717) is 29.3 Å². The lowest BCUT2D eigenvalue weighted by molar-refractivity contribution is 0.100. The van der Waals surface area contributed by atoms with Crippen LogP contribution in [0.1, 0.15) is 30.6 Å². The molecule has 100 valence electrons. The smallest absolute Gasteiger partial charge is 0.248 e. The first-order chi connectivity index (χ1) is 8.45. The highest BCUT2D eigenvalue weighted by Gasteiger charge is 2.14. The van der Waals surface area contributed by atoms with Crippen LogP contribution < -0.4 is 16.8 Å². The van der Waals surface area contributed by atoms with Gasteiger partial charge >= 0.3 is 0 Å². The second kappa shape index (κ2) is 6.26. The van der Waals surface area contributed by atoms with Gasteiger partial charge in [0.2, 0.25) is 5.91 Å². The predicted molar refractivity (Wildman–Crippen MR) is 73.3 cm³/mol. The summed E-state index contributed by atoms with van der Waals surface area (Å²) in [7, 11) is 0. The Hall–Kier alpha value is -1.75. The van der Waals surface area contributed by atoms with Crippen LogP contribution in [0.2, 0.25) is 0 Å². The van der Waals surface area contributed by atoms with Gasteiger partial charge in [-0.05, 0) is 30.5 Å². The molecule has 0 saturated carbocycles. The van der Waals surface area contributed by atoms with Crippen molar-refractivity contribution in [3.05, 3.63) is 23.8 Å². The summed E-state index contributed by atoms with van der Waals surface area (Å²) in [5.74, 6) is -0.143. The van der Waals surface area contributed by atoms with Gasteiger partial charge in [0.1, 0.15) is 0 Å². The maximum Gasteiger partial charge on any atom is 0.248 e. The molecule has 0 heterocycles. The molecule has 1 rings (SSSR count). The standard InChI is InChI=1S/C13H21N3O2/c1-8(2)11(5-6-17)16-12-7-9(13(15)18)3-4-10(12)14/h3-4,7-8,11,16-17H,5-6,14H2,1-2H3,(H2,15,18). The van der Waals surface area contributed by atoms with Crippen LogP contribution in [0.5, 0.6) is 0 Å². The van der Waals surface area contributed by atoms with Crippen LogP contribution in [-0.4, -0.2) is 23.7 Å². The van der Waals surface area contributed by atoms with E-state index in [2.05, 4.69) is 19.2 Å². The van der Waals surface area contributed by atoms with Gasteiger partial charge in [0.05, 0.1) is 11.4 Å². The van der Waals surface area contributed by atoms with Crippen molar-refractivity contribution in [2.24, 2.45) is 11.7 Å². The molecule has 0 aliphatic heterocycles. The van der Waals surface area contributed by atoms with Gasteiger partial charge in [0.25, 0.3) is 0 Å². The van der Waals surface area contributed by atoms with Gasteiger partial charge in [-0.15, -0.1) is 0 Å². The Balaban J connectivity index is 2.93. The molecule has 0 aliphatic rings. The number of nitrogens with one attached hydrogen (secondary N) is 1. The first kappa shape index (κ1) is 14.3. The highest BCUT2D eigenvalue weighted by molar-refractivity contribution is 5.94. The van der Waals surface area contributed by atoms with Gasteiger partial charge in [0, 0.05) is 18.2 Å². The van der Waals surface area contributed by atoms with Crippen molar-refractivity contribution < 1.29 is 9.90 Å². The Bertz CT molecular complexity index is 419. The van der Waals surface area contributed by atoms with E-state index < -0.39 is 5.91 Å². The zero-order valence-corrected chi connectivity index (χ0v) is 10.8. The van der Waals surface area contributed by atoms with E-state index in [0.717, 1.165) is 0 Å². The van der Waals surface area contributed by atoms with E-state index in [1.807, 2.05) is 0 Å². The van der Waals surface area contributed by atoms with Crippen LogP contribution in [0.4, 0.5) is 11.4 Å². The summed E-state index contributed by atoms with van der Waals surface area (Å²) in [6, 6.07) is 4.99. The highest BCUT2D eigenvalue weighted by Crippen LogP contribution is 2.23. The SMILES string of the molecule is CC(C)C(CCO)Nc1cc(C(N)=O)ccc1N. The number of carbonyl (C=O) groups is 1. The summed E-state index contributed by atoms with van der Waals surface area (Å²) < 4.78 is 0. The third-order valence-corrected chi connectivity index (χ3v) is 2.92. The fourth-order valence-corrected chi connectivity index (χ4v) is 1.75. The molecule has 1 aromatic rings. The second-order valence-electron chi connectivity index (χ2n) is 4.67. The van der Waals surface area contributed by atoms with Crippen LogP contribution in [0.3, 0.4) is 0 Å². The number of aliphatic hydroxyl groups is 1. The molecule has 5 nitrogen and oxygen atoms in total. The van der Waals surface area contributed by atoms with Crippen molar-refractivity contribution in [2.75, 3.05) is 17.7 Å². The molecule has 6 N–H and O–H groups in total. The number of benzene rings is 1. The molecular weight excluding hydrogens is 230 g/mol. The zero-order chi connectivity index (χ0) is 13.7. The van der Waals surface area contributed by atoms with E-state index in [9.17, 15) is 4.79 Å². The summed E-state index contributed by atoms with van der Waals surface area (Å²) in [6.45, 7) is 4.22. The van der Waals surface area contributed by atoms with Crippen molar-refractivity contribution in [1.82, 2.24) is 0 Å². The summed E-state index contributed by atoms with van der Waals surface area (Å²) in [5.41, 5.74) is 12.7. The Labute approximate surface area is 107 Å². The van der Waals surface area contributed by atoms with Gasteiger partial charge in [0.15, 0.2) is 0 Å². The highest BCUT2D eigenvalue weighted by atomic mass is 16.3. The predicted octanol–water partition coefficient (Wildman–Crippen LogP) is 1.19. The van der Waals surface area contributed by atoms with Gasteiger partial charge in [-0.2, -0.15) is 0 Å². The molecule has 1 atom stereocenters. The number of aliphatic hydroxyl groups excluding tert-OH is 1. The van der Waals surface area contributed by atoms with Crippen molar-refractivity contribution in [2.45, 2.75) is 26.3 Å². The summed E-state index contributed by atoms with van der Waals surface area (Å²) in [5, 5.41) is 12.3. The number of primary amides is 1. The molecular formula is C13H21N3O2. The lowest BCUT2D eigenvalue weighted by atomic mass is 10.0. The average Bonchev–Trinajstić information content (AvgIpc) is 2.30. The van der Waals surface area contributed by atoms with Crippen molar-refractivity contribution in [1.29, 1.82) is 0 Å². The maximum absolute atomic E-state index is 11.1. The van der Waals surface area contributed by atoms with E-state index in [1.54, 1.807) is 18.2 Å². The minimum absolute atomic E-state index is 0.0976. The number of nitrogen functional groups attached to an aromatic ring is 1. The number of anilines is 2. The summed E-state index contributed by atoms with van der Waals surface area (Å²) >= 11 is 0. The minimum Gasteiger partial charge on any atom is -0.397 e. The normalized spacial score (nSPS) is 12.4. The molecule has 0 bridgehead atoms. The Morgan fingerprint density at radius 1 is 1.44 bits per heavy atom. The van der Waals surface area contributed by atoms with Crippen LogP contribution in [0.15, 0.2) is 18.2 Å². The van der Waals surface area contributed by atoms with E-state index >= 15 is 0 Å². The molecule has 0 fully saturated rings. The average molecular weight is 251 g/mol. The topological polar surface area (TPSA) is 101 Å². The molecule has 0 radical (unpaired) electrons. The Morgan fingerprint density at radius 3 is 2.61 bits per heavy atom. The molecule has 0 aliphatic carbocycles. The number of rotatable bonds is 6. The lowest BCUT2D eigenvalue weighted by Crippen LogP contribution is -2.27. The second-order valence-corrected chi connectivity index (χ2v) is 4.67. The first-order valence-corrected chi connectivity index (χ1v) is 6.02. The third-order valence-electron chi connectivity index (χ3n) is 2.92. The van der Waals surface area contributed by atoms with Crippen LogP contribution in [-0.2, 0) is 0 Å². The van der Waals surface area contributed by atoms with Crippen LogP contribution >= 0.6 is 0 Å². The summed E-state index contributed by atoms with van der Waals surface area (Å²) in [4.78, 5) is 11.1. The molecule has 1 aromatic carbocycles. The van der Waals surface area contributed by atoms with Gasteiger partial charge in [-0.3, -0.25) is 4.79 Å². The molecule has 0 spiro atoms. The first-order valence-electron chi connectivity index (χ1n) is 6.02. The number of carbonyl (C=O) groups excluding carboxylic acids is 1. The fraction of sp³-hybridized carbons (Fsp3) is 0.462. The van der Waals surface area contributed by atoms with Gasteiger partial charge in [-0.25, -0.2) is 0 Å². The molecule has 0 saturated heterocycles. The van der Waals surface area contributed by atoms with Gasteiger partial charge in [-0.1, -0.05) is 13.8 Å². The largest absolute Gasteiger partial charge is 0.397 e. The number of hydrogen-bond donors (Lipinski definition) is 4. The van der Waals surface area contributed by atoms with E-state index in [4.69, 9.17) is 16.6 Å². The number of nitrogens with two attached hydrogens (primary N) is 2. The van der Waals surface area contributed by atoms with Crippen molar-refractivity contribution in [3.63, 3.8) is 0 Å². The maximum atomic E-state index is 11.1. The van der Waals surface area contributed by atoms with Crippen LogP contribution in [0, 0.1) is 5.92 Å². The number of amides is 1.